The molecule has 0 amide bonds. The highest BCUT2D eigenvalue weighted by Gasteiger charge is 2.19. The van der Waals surface area contributed by atoms with E-state index < -0.39 is 0 Å². The molecule has 3 nitrogen and oxygen atoms in total. The minimum Gasteiger partial charge on any atom is -0.379 e. The Morgan fingerprint density at radius 3 is 2.74 bits per heavy atom. The third kappa shape index (κ3) is 3.18. The lowest BCUT2D eigenvalue weighted by atomic mass is 9.96. The number of rotatable bonds is 5. The molecule has 0 radical (unpaired) electrons. The lowest BCUT2D eigenvalue weighted by Crippen LogP contribution is -2.23. The average Bonchev–Trinajstić information content (AvgIpc) is 2.44. The number of hydrogen-bond donors (Lipinski definition) is 0. The van der Waals surface area contributed by atoms with E-state index in [1.54, 1.807) is 19.4 Å². The molecule has 1 heterocycles. The number of fused-ring (bicyclic) bond motifs is 1. The molecule has 100 valence electrons. The number of benzene rings is 1. The molecule has 0 N–H and O–H groups in total. The van der Waals surface area contributed by atoms with Crippen LogP contribution in [0.15, 0.2) is 36.5 Å². The van der Waals surface area contributed by atoms with E-state index in [-0.39, 0.29) is 11.4 Å². The first-order valence-electron chi connectivity index (χ1n) is 6.45. The number of ketones is 1. The van der Waals surface area contributed by atoms with Crippen LogP contribution in [-0.2, 0) is 4.74 Å². The number of pyridine rings is 1. The summed E-state index contributed by atoms with van der Waals surface area (Å²) < 4.78 is 5.35. The maximum absolute atomic E-state index is 12.3. The molecule has 0 spiro atoms. The van der Waals surface area contributed by atoms with Gasteiger partial charge in [0.1, 0.15) is 0 Å². The van der Waals surface area contributed by atoms with Gasteiger partial charge < -0.3 is 4.74 Å². The highest BCUT2D eigenvalue weighted by atomic mass is 16.5. The van der Waals surface area contributed by atoms with Crippen molar-refractivity contribution in [3.05, 3.63) is 42.1 Å². The van der Waals surface area contributed by atoms with Crippen molar-refractivity contribution in [3.63, 3.8) is 0 Å². The summed E-state index contributed by atoms with van der Waals surface area (Å²) in [6.45, 7) is 3.98. The van der Waals surface area contributed by atoms with Crippen LogP contribution in [0.5, 0.6) is 0 Å². The average molecular weight is 257 g/mol. The minimum atomic E-state index is -0.265. The highest BCUT2D eigenvalue weighted by molar-refractivity contribution is 6.07. The molecule has 0 fully saturated rings. The first-order valence-corrected chi connectivity index (χ1v) is 6.45. The van der Waals surface area contributed by atoms with Gasteiger partial charge >= 0.3 is 0 Å². The van der Waals surface area contributed by atoms with Crippen molar-refractivity contribution in [1.29, 1.82) is 0 Å². The Bertz CT molecular complexity index is 585. The third-order valence-electron chi connectivity index (χ3n) is 3.46. The Kier molecular flexibility index (Phi) is 3.96. The van der Waals surface area contributed by atoms with Gasteiger partial charge in [-0.05, 0) is 32.4 Å². The minimum absolute atomic E-state index is 0.142. The lowest BCUT2D eigenvalue weighted by Gasteiger charge is -2.22. The van der Waals surface area contributed by atoms with E-state index in [0.717, 1.165) is 16.5 Å². The Labute approximate surface area is 113 Å². The molecule has 2 rings (SSSR count). The summed E-state index contributed by atoms with van der Waals surface area (Å²) in [7, 11) is 1.67. The van der Waals surface area contributed by atoms with Gasteiger partial charge in [-0.2, -0.15) is 0 Å². The standard InChI is InChI=1S/C16H19NO2/c1-16(2,19-3)10-8-15(18)13-9-11-17-14-7-5-4-6-12(13)14/h4-7,9,11H,8,10H2,1-3H3. The van der Waals surface area contributed by atoms with Crippen molar-refractivity contribution in [2.45, 2.75) is 32.3 Å². The van der Waals surface area contributed by atoms with Gasteiger partial charge in [0.05, 0.1) is 11.1 Å². The van der Waals surface area contributed by atoms with Crippen LogP contribution in [0.1, 0.15) is 37.0 Å². The number of nitrogens with zero attached hydrogens (tertiary/aromatic N) is 1. The second kappa shape index (κ2) is 5.49. The number of hydrogen-bond acceptors (Lipinski definition) is 3. The number of carbonyl (C=O) groups is 1. The first-order chi connectivity index (χ1) is 9.03. The van der Waals surface area contributed by atoms with Crippen LogP contribution < -0.4 is 0 Å². The summed E-state index contributed by atoms with van der Waals surface area (Å²) in [5, 5.41) is 0.922. The molecule has 3 heteroatoms. The van der Waals surface area contributed by atoms with Crippen LogP contribution in [-0.4, -0.2) is 23.5 Å². The Morgan fingerprint density at radius 2 is 2.00 bits per heavy atom. The molecule has 0 unspecified atom stereocenters. The van der Waals surface area contributed by atoms with Gasteiger partial charge in [0.2, 0.25) is 0 Å². The predicted molar refractivity (Wildman–Crippen MR) is 76.4 cm³/mol. The van der Waals surface area contributed by atoms with Crippen LogP contribution >= 0.6 is 0 Å². The summed E-state index contributed by atoms with van der Waals surface area (Å²) >= 11 is 0. The van der Waals surface area contributed by atoms with Crippen LogP contribution in [0.25, 0.3) is 10.9 Å². The Hall–Kier alpha value is -1.74. The highest BCUT2D eigenvalue weighted by Crippen LogP contribution is 2.21. The number of para-hydroxylation sites is 1. The van der Waals surface area contributed by atoms with Gasteiger partial charge in [0, 0.05) is 30.7 Å². The molecule has 0 aliphatic heterocycles. The Morgan fingerprint density at radius 1 is 1.26 bits per heavy atom. The summed E-state index contributed by atoms with van der Waals surface area (Å²) in [5.74, 6) is 0.142. The summed E-state index contributed by atoms with van der Waals surface area (Å²) in [4.78, 5) is 16.6. The van der Waals surface area contributed by atoms with Crippen LogP contribution in [0, 0.1) is 0 Å². The molecule has 0 aliphatic rings. The van der Waals surface area contributed by atoms with Crippen LogP contribution in [0.4, 0.5) is 0 Å². The van der Waals surface area contributed by atoms with Crippen molar-refractivity contribution in [2.75, 3.05) is 7.11 Å². The fourth-order valence-corrected chi connectivity index (χ4v) is 1.99. The van der Waals surface area contributed by atoms with Crippen molar-refractivity contribution < 1.29 is 9.53 Å². The largest absolute Gasteiger partial charge is 0.379 e. The lowest BCUT2D eigenvalue weighted by molar-refractivity contribution is 0.0142. The topological polar surface area (TPSA) is 39.2 Å². The molecule has 19 heavy (non-hydrogen) atoms. The maximum atomic E-state index is 12.3. The molecule has 0 bridgehead atoms. The molecule has 0 aliphatic carbocycles. The maximum Gasteiger partial charge on any atom is 0.163 e. The molecule has 1 aromatic carbocycles. The monoisotopic (exact) mass is 257 g/mol. The predicted octanol–water partition coefficient (Wildman–Crippen LogP) is 3.62. The van der Waals surface area contributed by atoms with Gasteiger partial charge in [-0.1, -0.05) is 18.2 Å². The normalized spacial score (nSPS) is 11.7. The number of aromatic nitrogens is 1. The zero-order valence-corrected chi connectivity index (χ0v) is 11.6. The molecule has 1 aromatic heterocycles. The van der Waals surface area contributed by atoms with E-state index in [1.807, 2.05) is 38.1 Å². The van der Waals surface area contributed by atoms with E-state index in [9.17, 15) is 4.79 Å². The molecule has 0 saturated carbocycles. The van der Waals surface area contributed by atoms with E-state index in [0.29, 0.717) is 12.8 Å². The van der Waals surface area contributed by atoms with Gasteiger partial charge in [0.15, 0.2) is 5.78 Å². The number of Topliss-reactive ketones (excluding diaryl/α,β-unsaturated/α-hetero) is 1. The summed E-state index contributed by atoms with van der Waals surface area (Å²) in [5.41, 5.74) is 1.34. The van der Waals surface area contributed by atoms with Crippen molar-refractivity contribution in [1.82, 2.24) is 4.98 Å². The van der Waals surface area contributed by atoms with Crippen molar-refractivity contribution in [2.24, 2.45) is 0 Å². The number of ether oxygens (including phenoxy) is 1. The Balaban J connectivity index is 2.23. The molecular formula is C16H19NO2. The summed E-state index contributed by atoms with van der Waals surface area (Å²) in [6.07, 6.45) is 2.88. The van der Waals surface area contributed by atoms with Gasteiger partial charge in [-0.15, -0.1) is 0 Å². The second-order valence-corrected chi connectivity index (χ2v) is 5.26. The quantitative estimate of drug-likeness (QED) is 0.768. The second-order valence-electron chi connectivity index (χ2n) is 5.26. The number of carbonyl (C=O) groups excluding carboxylic acids is 1. The fraction of sp³-hybridized carbons (Fsp3) is 0.375. The third-order valence-corrected chi connectivity index (χ3v) is 3.46. The van der Waals surface area contributed by atoms with Crippen LogP contribution in [0.3, 0.4) is 0 Å². The molecule has 0 saturated heterocycles. The number of methoxy groups -OCH3 is 1. The SMILES string of the molecule is COC(C)(C)CCC(=O)c1ccnc2ccccc12. The van der Waals surface area contributed by atoms with E-state index in [1.165, 1.54) is 0 Å². The smallest absolute Gasteiger partial charge is 0.163 e. The zero-order chi connectivity index (χ0) is 13.9. The first kappa shape index (κ1) is 13.7. The zero-order valence-electron chi connectivity index (χ0n) is 11.6. The van der Waals surface area contributed by atoms with E-state index in [2.05, 4.69) is 4.98 Å². The molecular weight excluding hydrogens is 238 g/mol. The van der Waals surface area contributed by atoms with E-state index >= 15 is 0 Å². The molecule has 2 aromatic rings. The summed E-state index contributed by atoms with van der Waals surface area (Å²) in [6, 6.07) is 9.52. The van der Waals surface area contributed by atoms with Gasteiger partial charge in [0.25, 0.3) is 0 Å². The fourth-order valence-electron chi connectivity index (χ4n) is 1.99. The van der Waals surface area contributed by atoms with Crippen LogP contribution in [0.2, 0.25) is 0 Å². The van der Waals surface area contributed by atoms with Crippen molar-refractivity contribution >= 4 is 16.7 Å². The van der Waals surface area contributed by atoms with E-state index in [4.69, 9.17) is 4.74 Å². The van der Waals surface area contributed by atoms with Gasteiger partial charge in [-0.25, -0.2) is 0 Å². The molecule has 0 atom stereocenters. The van der Waals surface area contributed by atoms with Crippen molar-refractivity contribution in [3.8, 4) is 0 Å². The van der Waals surface area contributed by atoms with Gasteiger partial charge in [-0.3, -0.25) is 9.78 Å².